The molecule has 3 atom stereocenters. The van der Waals surface area contributed by atoms with Gasteiger partial charge in [-0.25, -0.2) is 4.79 Å². The lowest BCUT2D eigenvalue weighted by molar-refractivity contribution is -0.134. The quantitative estimate of drug-likeness (QED) is 0.227. The van der Waals surface area contributed by atoms with Crippen molar-refractivity contribution >= 4 is 11.8 Å². The van der Waals surface area contributed by atoms with Gasteiger partial charge in [0.2, 0.25) is 0 Å². The zero-order chi connectivity index (χ0) is 14.1. The highest BCUT2D eigenvalue weighted by molar-refractivity contribution is 5.82. The summed E-state index contributed by atoms with van der Waals surface area (Å²) in [5.74, 6) is -1.11. The van der Waals surface area contributed by atoms with Crippen LogP contribution in [0.2, 0.25) is 0 Å². The molecule has 0 bridgehead atoms. The lowest BCUT2D eigenvalue weighted by Gasteiger charge is -2.23. The first-order chi connectivity index (χ1) is 8.47. The number of carbonyl (C=O) groups is 2. The molecule has 0 radical (unpaired) electrons. The van der Waals surface area contributed by atoms with Gasteiger partial charge < -0.3 is 9.47 Å². The summed E-state index contributed by atoms with van der Waals surface area (Å²) < 4.78 is 9.49. The van der Waals surface area contributed by atoms with Crippen molar-refractivity contribution in [2.75, 3.05) is 14.2 Å². The summed E-state index contributed by atoms with van der Waals surface area (Å²) in [4.78, 5) is 25.0. The molecule has 0 fully saturated rings. The number of azide groups is 1. The van der Waals surface area contributed by atoms with Gasteiger partial charge >= 0.3 is 5.97 Å². The summed E-state index contributed by atoms with van der Waals surface area (Å²) in [6.07, 6.45) is 1.86. The van der Waals surface area contributed by atoms with Crippen molar-refractivity contribution in [3.05, 3.63) is 22.6 Å². The fourth-order valence-electron chi connectivity index (χ4n) is 1.55. The number of hydrogen-bond acceptors (Lipinski definition) is 5. The van der Waals surface area contributed by atoms with E-state index in [0.29, 0.717) is 0 Å². The van der Waals surface area contributed by atoms with Gasteiger partial charge in [0.25, 0.3) is 0 Å². The molecule has 0 aliphatic carbocycles. The Labute approximate surface area is 105 Å². The predicted molar refractivity (Wildman–Crippen MR) is 64.7 cm³/mol. The molecule has 0 amide bonds. The van der Waals surface area contributed by atoms with Crippen LogP contribution in [-0.2, 0) is 19.1 Å². The normalized spacial score (nSPS) is 15.6. The molecule has 7 nitrogen and oxygen atoms in total. The van der Waals surface area contributed by atoms with Gasteiger partial charge in [0.1, 0.15) is 6.10 Å². The number of esters is 1. The number of carbonyl (C=O) groups excluding carboxylic acids is 2. The molecule has 0 unspecified atom stereocenters. The molecule has 100 valence electrons. The molecule has 0 saturated heterocycles. The molecule has 0 aromatic heterocycles. The smallest absolute Gasteiger partial charge is 0.330 e. The summed E-state index contributed by atoms with van der Waals surface area (Å²) in [7, 11) is 2.64. The van der Waals surface area contributed by atoms with Gasteiger partial charge in [0.05, 0.1) is 13.2 Å². The molecule has 0 spiro atoms. The van der Waals surface area contributed by atoms with Crippen LogP contribution in [0.1, 0.15) is 13.8 Å². The molecule has 18 heavy (non-hydrogen) atoms. The molecule has 0 saturated carbocycles. The Kier molecular flexibility index (Phi) is 7.42. The summed E-state index contributed by atoms with van der Waals surface area (Å²) in [6.45, 7) is 3.10. The Balaban J connectivity index is 4.99. The van der Waals surface area contributed by atoms with E-state index in [-0.39, 0.29) is 11.7 Å². The lowest BCUT2D eigenvalue weighted by Crippen LogP contribution is -2.34. The maximum Gasteiger partial charge on any atom is 0.330 e. The zero-order valence-electron chi connectivity index (χ0n) is 10.9. The van der Waals surface area contributed by atoms with Gasteiger partial charge in [-0.1, -0.05) is 18.1 Å². The maximum atomic E-state index is 11.3. The highest BCUT2D eigenvalue weighted by Crippen LogP contribution is 2.17. The fourth-order valence-corrected chi connectivity index (χ4v) is 1.55. The SMILES string of the molecule is COC(=O)/C=C/[C@@H](N=[N+]=[N-])[C@H](C)[C@@H](OC)C(C)=O. The third-order valence-corrected chi connectivity index (χ3v) is 2.49. The minimum absolute atomic E-state index is 0.172. The zero-order valence-corrected chi connectivity index (χ0v) is 10.9. The van der Waals surface area contributed by atoms with E-state index < -0.39 is 18.1 Å². The summed E-state index contributed by atoms with van der Waals surface area (Å²) >= 11 is 0. The van der Waals surface area contributed by atoms with E-state index >= 15 is 0 Å². The second-order valence-electron chi connectivity index (χ2n) is 3.70. The molecule has 0 heterocycles. The first kappa shape index (κ1) is 16.1. The number of Topliss-reactive ketones (excluding diaryl/α,β-unsaturated/α-hetero) is 1. The van der Waals surface area contributed by atoms with E-state index in [2.05, 4.69) is 14.8 Å². The molecule has 0 aromatic rings. The molecule has 7 heteroatoms. The van der Waals surface area contributed by atoms with Gasteiger partial charge in [-0.3, -0.25) is 4.79 Å². The standard InChI is InChI=1S/C11H17N3O4/c1-7(11(18-4)8(2)15)9(13-14-12)5-6-10(16)17-3/h5-7,9,11H,1-4H3/b6-5+/t7-,9+,11+/m0/s1. The van der Waals surface area contributed by atoms with E-state index in [1.165, 1.54) is 27.2 Å². The van der Waals surface area contributed by atoms with Gasteiger partial charge in [0, 0.05) is 24.0 Å². The Hall–Kier alpha value is -1.85. The highest BCUT2D eigenvalue weighted by atomic mass is 16.5. The average Bonchev–Trinajstić information content (AvgIpc) is 2.34. The summed E-state index contributed by atoms with van der Waals surface area (Å²) in [5, 5.41) is 3.54. The van der Waals surface area contributed by atoms with Gasteiger partial charge in [0.15, 0.2) is 5.78 Å². The number of ether oxygens (including phenoxy) is 2. The monoisotopic (exact) mass is 255 g/mol. The van der Waals surface area contributed by atoms with Crippen molar-refractivity contribution in [3.63, 3.8) is 0 Å². The van der Waals surface area contributed by atoms with Crippen molar-refractivity contribution < 1.29 is 19.1 Å². The molecule has 0 rings (SSSR count). The second kappa shape index (κ2) is 8.27. The van der Waals surface area contributed by atoms with Crippen molar-refractivity contribution in [1.29, 1.82) is 0 Å². The van der Waals surface area contributed by atoms with E-state index in [4.69, 9.17) is 10.3 Å². The van der Waals surface area contributed by atoms with Crippen molar-refractivity contribution in [2.45, 2.75) is 26.0 Å². The average molecular weight is 255 g/mol. The van der Waals surface area contributed by atoms with Gasteiger partial charge in [-0.05, 0) is 12.5 Å². The topological polar surface area (TPSA) is 101 Å². The van der Waals surface area contributed by atoms with Gasteiger partial charge in [-0.15, -0.1) is 0 Å². The molecule has 0 aliphatic rings. The van der Waals surface area contributed by atoms with E-state index in [0.717, 1.165) is 6.08 Å². The van der Waals surface area contributed by atoms with Crippen molar-refractivity contribution in [1.82, 2.24) is 0 Å². The Morgan fingerprint density at radius 3 is 2.39 bits per heavy atom. The van der Waals surface area contributed by atoms with E-state index in [1.54, 1.807) is 6.92 Å². The van der Waals surface area contributed by atoms with Crippen LogP contribution < -0.4 is 0 Å². The Morgan fingerprint density at radius 1 is 1.39 bits per heavy atom. The van der Waals surface area contributed by atoms with Crippen molar-refractivity contribution in [3.8, 4) is 0 Å². The molecule has 0 aromatic carbocycles. The van der Waals surface area contributed by atoms with E-state index in [1.807, 2.05) is 0 Å². The lowest BCUT2D eigenvalue weighted by atomic mass is 9.93. The third-order valence-electron chi connectivity index (χ3n) is 2.49. The summed E-state index contributed by atoms with van der Waals surface area (Å²) in [6, 6.07) is -0.664. The minimum atomic E-state index is -0.692. The molecular formula is C11H17N3O4. The van der Waals surface area contributed by atoms with Crippen LogP contribution in [0.3, 0.4) is 0 Å². The van der Waals surface area contributed by atoms with Crippen LogP contribution >= 0.6 is 0 Å². The predicted octanol–water partition coefficient (Wildman–Crippen LogP) is 1.63. The van der Waals surface area contributed by atoms with E-state index in [9.17, 15) is 9.59 Å². The van der Waals surface area contributed by atoms with Crippen LogP contribution in [0.15, 0.2) is 17.3 Å². The Bertz CT molecular complexity index is 374. The number of methoxy groups -OCH3 is 2. The second-order valence-corrected chi connectivity index (χ2v) is 3.70. The Morgan fingerprint density at radius 2 is 2.00 bits per heavy atom. The number of rotatable bonds is 7. The maximum absolute atomic E-state index is 11.3. The fraction of sp³-hybridized carbons (Fsp3) is 0.636. The largest absolute Gasteiger partial charge is 0.466 e. The van der Waals surface area contributed by atoms with Crippen LogP contribution in [0.25, 0.3) is 10.4 Å². The molecule has 0 N–H and O–H groups in total. The number of ketones is 1. The molecular weight excluding hydrogens is 238 g/mol. The number of nitrogens with zero attached hydrogens (tertiary/aromatic N) is 3. The van der Waals surface area contributed by atoms with Crippen LogP contribution in [-0.4, -0.2) is 38.1 Å². The summed E-state index contributed by atoms with van der Waals surface area (Å²) in [5.41, 5.74) is 8.48. The number of hydrogen-bond donors (Lipinski definition) is 0. The highest BCUT2D eigenvalue weighted by Gasteiger charge is 2.27. The van der Waals surface area contributed by atoms with Crippen LogP contribution in [0, 0.1) is 5.92 Å². The third kappa shape index (κ3) is 4.99. The van der Waals surface area contributed by atoms with Crippen LogP contribution in [0.5, 0.6) is 0 Å². The van der Waals surface area contributed by atoms with Crippen LogP contribution in [0.4, 0.5) is 0 Å². The first-order valence-electron chi connectivity index (χ1n) is 5.31. The minimum Gasteiger partial charge on any atom is -0.466 e. The van der Waals surface area contributed by atoms with Gasteiger partial charge in [-0.2, -0.15) is 0 Å². The van der Waals surface area contributed by atoms with Crippen molar-refractivity contribution in [2.24, 2.45) is 11.0 Å². The first-order valence-corrected chi connectivity index (χ1v) is 5.31. The molecule has 0 aliphatic heterocycles.